The maximum atomic E-state index is 12.4. The zero-order valence-electron chi connectivity index (χ0n) is 15.8. The van der Waals surface area contributed by atoms with Gasteiger partial charge in [0.1, 0.15) is 0 Å². The first kappa shape index (κ1) is 19.9. The summed E-state index contributed by atoms with van der Waals surface area (Å²) in [5.74, 6) is 0.913. The second-order valence-corrected chi connectivity index (χ2v) is 6.60. The fourth-order valence-corrected chi connectivity index (χ4v) is 2.98. The summed E-state index contributed by atoms with van der Waals surface area (Å²) in [5.41, 5.74) is 4.29. The first-order valence-electron chi connectivity index (χ1n) is 8.26. The highest BCUT2D eigenvalue weighted by molar-refractivity contribution is 6.32. The molecule has 0 N–H and O–H groups in total. The average Bonchev–Trinajstić information content (AvgIpc) is 2.61. The van der Waals surface area contributed by atoms with Gasteiger partial charge in [0.15, 0.2) is 11.5 Å². The Morgan fingerprint density at radius 3 is 2.50 bits per heavy atom. The topological polar surface area (TPSA) is 38.8 Å². The molecule has 0 saturated carbocycles. The van der Waals surface area contributed by atoms with Crippen molar-refractivity contribution in [2.24, 2.45) is 0 Å². The Balaban J connectivity index is 2.12. The van der Waals surface area contributed by atoms with E-state index in [0.29, 0.717) is 23.1 Å². The second kappa shape index (κ2) is 8.77. The molecule has 5 heteroatoms. The summed E-state index contributed by atoms with van der Waals surface area (Å²) in [6, 6.07) is 9.75. The van der Waals surface area contributed by atoms with E-state index in [2.05, 4.69) is 32.0 Å². The van der Waals surface area contributed by atoms with E-state index in [1.54, 1.807) is 37.3 Å². The van der Waals surface area contributed by atoms with Crippen LogP contribution in [0, 0.1) is 13.8 Å². The molecule has 0 atom stereocenters. The minimum Gasteiger partial charge on any atom is -0.493 e. The van der Waals surface area contributed by atoms with E-state index >= 15 is 0 Å². The molecular formula is C21H24ClNO3. The lowest BCUT2D eigenvalue weighted by atomic mass is 10.1. The molecule has 0 bridgehead atoms. The average molecular weight is 374 g/mol. The Bertz CT molecular complexity index is 830. The maximum absolute atomic E-state index is 12.4. The largest absolute Gasteiger partial charge is 0.493 e. The zero-order valence-corrected chi connectivity index (χ0v) is 16.6. The van der Waals surface area contributed by atoms with E-state index in [0.717, 1.165) is 11.1 Å². The molecule has 0 heterocycles. The van der Waals surface area contributed by atoms with Gasteiger partial charge in [-0.05, 0) is 48.7 Å². The number of carbonyl (C=O) groups excluding carboxylic acids is 1. The molecule has 2 rings (SSSR count). The van der Waals surface area contributed by atoms with Crippen molar-refractivity contribution in [2.45, 2.75) is 20.4 Å². The highest BCUT2D eigenvalue weighted by Crippen LogP contribution is 2.36. The number of nitrogens with zero attached hydrogens (tertiary/aromatic N) is 1. The molecule has 4 nitrogen and oxygen atoms in total. The smallest absolute Gasteiger partial charge is 0.246 e. The third-order valence-corrected chi connectivity index (χ3v) is 4.44. The van der Waals surface area contributed by atoms with Crippen molar-refractivity contribution < 1.29 is 14.3 Å². The fourth-order valence-electron chi connectivity index (χ4n) is 2.69. The van der Waals surface area contributed by atoms with Gasteiger partial charge in [-0.3, -0.25) is 4.79 Å². The van der Waals surface area contributed by atoms with Gasteiger partial charge < -0.3 is 14.4 Å². The quantitative estimate of drug-likeness (QED) is 0.692. The number of benzene rings is 2. The van der Waals surface area contributed by atoms with Crippen molar-refractivity contribution >= 4 is 23.6 Å². The summed E-state index contributed by atoms with van der Waals surface area (Å²) in [6.45, 7) is 4.67. The minimum atomic E-state index is -0.0871. The number of amides is 1. The molecular weight excluding hydrogens is 350 g/mol. The summed E-state index contributed by atoms with van der Waals surface area (Å²) < 4.78 is 10.5. The summed E-state index contributed by atoms with van der Waals surface area (Å²) in [6.07, 6.45) is 3.25. The number of carbonyl (C=O) groups is 1. The van der Waals surface area contributed by atoms with Gasteiger partial charge in [-0.1, -0.05) is 35.4 Å². The van der Waals surface area contributed by atoms with E-state index in [9.17, 15) is 4.79 Å². The standard InChI is InChI=1S/C21H24ClNO3/c1-14-6-8-17(15(2)10-14)13-23(3)20(24)9-7-16-11-18(22)21(26-5)19(12-16)25-4/h6-12H,13H2,1-5H3/b9-7+. The third-order valence-electron chi connectivity index (χ3n) is 4.16. The molecule has 0 fully saturated rings. The number of halogens is 1. The summed E-state index contributed by atoms with van der Waals surface area (Å²) in [7, 11) is 4.86. The molecule has 0 saturated heterocycles. The minimum absolute atomic E-state index is 0.0871. The predicted octanol–water partition coefficient (Wildman–Crippen LogP) is 4.65. The van der Waals surface area contributed by atoms with Crippen molar-refractivity contribution in [3.63, 3.8) is 0 Å². The summed E-state index contributed by atoms with van der Waals surface area (Å²) in [4.78, 5) is 14.1. The summed E-state index contributed by atoms with van der Waals surface area (Å²) >= 11 is 6.19. The Kier molecular flexibility index (Phi) is 6.70. The van der Waals surface area contributed by atoms with Crippen molar-refractivity contribution in [3.8, 4) is 11.5 Å². The van der Waals surface area contributed by atoms with Crippen LogP contribution >= 0.6 is 11.6 Å². The van der Waals surface area contributed by atoms with Gasteiger partial charge in [0.2, 0.25) is 5.91 Å². The van der Waals surface area contributed by atoms with Crippen LogP contribution in [0.3, 0.4) is 0 Å². The second-order valence-electron chi connectivity index (χ2n) is 6.20. The Morgan fingerprint density at radius 2 is 1.88 bits per heavy atom. The molecule has 2 aromatic rings. The number of hydrogen-bond acceptors (Lipinski definition) is 3. The number of aryl methyl sites for hydroxylation is 2. The van der Waals surface area contributed by atoms with Gasteiger partial charge in [0.25, 0.3) is 0 Å². The van der Waals surface area contributed by atoms with E-state index in [1.807, 2.05) is 0 Å². The fraction of sp³-hybridized carbons (Fsp3) is 0.286. The summed E-state index contributed by atoms with van der Waals surface area (Å²) in [5, 5.41) is 0.433. The van der Waals surface area contributed by atoms with Crippen LogP contribution in [0.4, 0.5) is 0 Å². The number of rotatable bonds is 6. The van der Waals surface area contributed by atoms with E-state index in [4.69, 9.17) is 21.1 Å². The molecule has 0 radical (unpaired) electrons. The molecule has 0 unspecified atom stereocenters. The van der Waals surface area contributed by atoms with Gasteiger partial charge in [0.05, 0.1) is 19.2 Å². The van der Waals surface area contributed by atoms with Gasteiger partial charge in [0, 0.05) is 19.7 Å². The Morgan fingerprint density at radius 1 is 1.15 bits per heavy atom. The number of methoxy groups -OCH3 is 2. The zero-order chi connectivity index (χ0) is 19.3. The lowest BCUT2D eigenvalue weighted by Gasteiger charge is -2.17. The highest BCUT2D eigenvalue weighted by Gasteiger charge is 2.11. The predicted molar refractivity (Wildman–Crippen MR) is 106 cm³/mol. The number of likely N-dealkylation sites (N-methyl/N-ethyl adjacent to an activating group) is 1. The van der Waals surface area contributed by atoms with Crippen molar-refractivity contribution in [3.05, 3.63) is 63.7 Å². The molecule has 138 valence electrons. The first-order valence-corrected chi connectivity index (χ1v) is 8.64. The van der Waals surface area contributed by atoms with Crippen molar-refractivity contribution in [2.75, 3.05) is 21.3 Å². The molecule has 2 aromatic carbocycles. The van der Waals surface area contributed by atoms with Crippen LogP contribution in [0.25, 0.3) is 6.08 Å². The van der Waals surface area contributed by atoms with E-state index in [1.165, 1.54) is 24.3 Å². The van der Waals surface area contributed by atoms with Gasteiger partial charge in [-0.25, -0.2) is 0 Å². The van der Waals surface area contributed by atoms with Crippen LogP contribution in [0.1, 0.15) is 22.3 Å². The normalized spacial score (nSPS) is 10.8. The van der Waals surface area contributed by atoms with E-state index in [-0.39, 0.29) is 5.91 Å². The van der Waals surface area contributed by atoms with Crippen LogP contribution in [0.2, 0.25) is 5.02 Å². The maximum Gasteiger partial charge on any atom is 0.246 e. The van der Waals surface area contributed by atoms with Crippen LogP contribution < -0.4 is 9.47 Å². The van der Waals surface area contributed by atoms with Crippen LogP contribution in [0.15, 0.2) is 36.4 Å². The van der Waals surface area contributed by atoms with Crippen molar-refractivity contribution in [1.82, 2.24) is 4.90 Å². The number of hydrogen-bond donors (Lipinski definition) is 0. The highest BCUT2D eigenvalue weighted by atomic mass is 35.5. The van der Waals surface area contributed by atoms with E-state index < -0.39 is 0 Å². The molecule has 0 spiro atoms. The van der Waals surface area contributed by atoms with Gasteiger partial charge in [-0.15, -0.1) is 0 Å². The molecule has 26 heavy (non-hydrogen) atoms. The monoisotopic (exact) mass is 373 g/mol. The van der Waals surface area contributed by atoms with Crippen LogP contribution in [0.5, 0.6) is 11.5 Å². The Labute approximate surface area is 160 Å². The van der Waals surface area contributed by atoms with Crippen molar-refractivity contribution in [1.29, 1.82) is 0 Å². The molecule has 0 aliphatic carbocycles. The van der Waals surface area contributed by atoms with Gasteiger partial charge >= 0.3 is 0 Å². The lowest BCUT2D eigenvalue weighted by molar-refractivity contribution is -0.125. The van der Waals surface area contributed by atoms with Crippen LogP contribution in [-0.2, 0) is 11.3 Å². The SMILES string of the molecule is COc1cc(/C=C/C(=O)N(C)Cc2ccc(C)cc2C)cc(Cl)c1OC. The first-order chi connectivity index (χ1) is 12.3. The molecule has 1 amide bonds. The lowest BCUT2D eigenvalue weighted by Crippen LogP contribution is -2.24. The molecule has 0 aromatic heterocycles. The third kappa shape index (κ3) is 4.79. The molecule has 0 aliphatic rings. The van der Waals surface area contributed by atoms with Crippen LogP contribution in [-0.4, -0.2) is 32.1 Å². The van der Waals surface area contributed by atoms with Gasteiger partial charge in [-0.2, -0.15) is 0 Å². The number of ether oxygens (including phenoxy) is 2. The Hall–Kier alpha value is -2.46. The molecule has 0 aliphatic heterocycles.